The smallest absolute Gasteiger partial charge is 0.269 e. The molecular weight excluding hydrogens is 402 g/mol. The zero-order chi connectivity index (χ0) is 22.3. The van der Waals surface area contributed by atoms with Gasteiger partial charge in [-0.3, -0.25) is 14.6 Å². The van der Waals surface area contributed by atoms with Gasteiger partial charge in [0.25, 0.3) is 11.8 Å². The lowest BCUT2D eigenvalue weighted by Gasteiger charge is -2.29. The van der Waals surface area contributed by atoms with E-state index in [0.29, 0.717) is 43.0 Å². The number of para-hydroxylation sites is 1. The van der Waals surface area contributed by atoms with Crippen LogP contribution in [-0.4, -0.2) is 47.9 Å². The predicted molar refractivity (Wildman–Crippen MR) is 123 cm³/mol. The summed E-state index contributed by atoms with van der Waals surface area (Å²) in [5, 5.41) is 2.93. The highest BCUT2D eigenvalue weighted by Crippen LogP contribution is 2.30. The molecule has 6 nitrogen and oxygen atoms in total. The van der Waals surface area contributed by atoms with Crippen molar-refractivity contribution in [2.24, 2.45) is 0 Å². The van der Waals surface area contributed by atoms with Gasteiger partial charge in [0.2, 0.25) is 0 Å². The van der Waals surface area contributed by atoms with Crippen molar-refractivity contribution in [1.29, 1.82) is 0 Å². The molecule has 0 radical (unpaired) electrons. The molecule has 164 valence electrons. The number of benzene rings is 2. The predicted octanol–water partition coefficient (Wildman–Crippen LogP) is 3.52. The number of ether oxygens (including phenoxy) is 1. The molecule has 1 aliphatic heterocycles. The number of pyridine rings is 1. The van der Waals surface area contributed by atoms with Crippen LogP contribution >= 0.6 is 0 Å². The lowest BCUT2D eigenvalue weighted by atomic mass is 10.0. The summed E-state index contributed by atoms with van der Waals surface area (Å²) in [5.74, 6) is 0.416. The Morgan fingerprint density at radius 2 is 1.88 bits per heavy atom. The Morgan fingerprint density at radius 1 is 1.06 bits per heavy atom. The number of carbonyl (C=O) groups is 2. The fourth-order valence-corrected chi connectivity index (χ4v) is 4.00. The first-order valence-electron chi connectivity index (χ1n) is 10.9. The van der Waals surface area contributed by atoms with Gasteiger partial charge in [0.1, 0.15) is 11.4 Å². The number of nitrogens with zero attached hydrogens (tertiary/aromatic N) is 2. The highest BCUT2D eigenvalue weighted by molar-refractivity contribution is 5.97. The molecule has 2 aromatic carbocycles. The molecule has 1 aromatic heterocycles. The van der Waals surface area contributed by atoms with Crippen molar-refractivity contribution in [2.45, 2.75) is 25.3 Å². The first-order valence-corrected chi connectivity index (χ1v) is 10.9. The molecule has 32 heavy (non-hydrogen) atoms. The van der Waals surface area contributed by atoms with Crippen LogP contribution in [0.15, 0.2) is 72.9 Å². The second-order valence-corrected chi connectivity index (χ2v) is 7.91. The van der Waals surface area contributed by atoms with Crippen molar-refractivity contribution in [3.8, 4) is 5.75 Å². The van der Waals surface area contributed by atoms with Gasteiger partial charge < -0.3 is 15.0 Å². The van der Waals surface area contributed by atoms with E-state index in [2.05, 4.69) is 22.4 Å². The van der Waals surface area contributed by atoms with Gasteiger partial charge in [-0.15, -0.1) is 0 Å². The topological polar surface area (TPSA) is 71.5 Å². The van der Waals surface area contributed by atoms with Crippen molar-refractivity contribution in [3.05, 3.63) is 95.3 Å². The third-order valence-electron chi connectivity index (χ3n) is 5.79. The Labute approximate surface area is 188 Å². The Bertz CT molecular complexity index is 1070. The van der Waals surface area contributed by atoms with Gasteiger partial charge in [-0.2, -0.15) is 0 Å². The van der Waals surface area contributed by atoms with Crippen molar-refractivity contribution in [3.63, 3.8) is 0 Å². The highest BCUT2D eigenvalue weighted by atomic mass is 16.5. The third kappa shape index (κ3) is 4.97. The number of hydrogen-bond donors (Lipinski definition) is 1. The molecule has 2 heterocycles. The summed E-state index contributed by atoms with van der Waals surface area (Å²) in [4.78, 5) is 31.6. The van der Waals surface area contributed by atoms with Gasteiger partial charge in [-0.1, -0.05) is 48.5 Å². The Morgan fingerprint density at radius 3 is 2.66 bits per heavy atom. The molecule has 6 heteroatoms. The van der Waals surface area contributed by atoms with Crippen LogP contribution in [0.25, 0.3) is 0 Å². The zero-order valence-corrected chi connectivity index (χ0v) is 18.2. The summed E-state index contributed by atoms with van der Waals surface area (Å²) in [6, 6.07) is 21.0. The molecule has 1 N–H and O–H groups in total. The number of rotatable bonds is 8. The van der Waals surface area contributed by atoms with Crippen molar-refractivity contribution in [1.82, 2.24) is 15.2 Å². The minimum Gasteiger partial charge on any atom is -0.492 e. The number of nitrogens with one attached hydrogen (secondary N) is 1. The quantitative estimate of drug-likeness (QED) is 0.595. The molecule has 0 spiro atoms. The number of hydrogen-bond acceptors (Lipinski definition) is 4. The van der Waals surface area contributed by atoms with Crippen molar-refractivity contribution in [2.75, 3.05) is 20.2 Å². The molecule has 4 rings (SSSR count). The minimum atomic E-state index is -0.215. The number of carbonyl (C=O) groups excluding carboxylic acids is 2. The normalized spacial score (nSPS) is 13.0. The molecule has 1 atom stereocenters. The zero-order valence-electron chi connectivity index (χ0n) is 18.2. The van der Waals surface area contributed by atoms with E-state index in [1.165, 1.54) is 0 Å². The first kappa shape index (κ1) is 21.6. The molecule has 0 saturated carbocycles. The molecule has 3 aromatic rings. The van der Waals surface area contributed by atoms with Crippen LogP contribution in [0.1, 0.15) is 38.4 Å². The maximum absolute atomic E-state index is 13.4. The van der Waals surface area contributed by atoms with Crippen LogP contribution < -0.4 is 10.1 Å². The Balaban J connectivity index is 1.48. The Kier molecular flexibility index (Phi) is 6.80. The van der Waals surface area contributed by atoms with Crippen LogP contribution in [0.2, 0.25) is 0 Å². The van der Waals surface area contributed by atoms with Gasteiger partial charge in [0.15, 0.2) is 0 Å². The van der Waals surface area contributed by atoms with Crippen molar-refractivity contribution >= 4 is 11.8 Å². The van der Waals surface area contributed by atoms with Gasteiger partial charge in [0, 0.05) is 32.3 Å². The average molecular weight is 430 g/mol. The lowest BCUT2D eigenvalue weighted by molar-refractivity contribution is 0.0719. The number of likely N-dealkylation sites (N-methyl/N-ethyl adjacent to an activating group) is 1. The standard InChI is InChI=1S/C26H27N3O3/c1-29(26(31)22-11-7-10-20-14-17-32-24(20)22)21(18-19-8-3-2-4-9-19)13-16-28-25(30)23-12-5-6-15-27-23/h2-12,15,21H,13-14,16-18H2,1H3,(H,28,30). The van der Waals surface area contributed by atoms with Crippen LogP contribution in [0.4, 0.5) is 0 Å². The molecule has 0 fully saturated rings. The summed E-state index contributed by atoms with van der Waals surface area (Å²) in [5.41, 5.74) is 3.20. The fraction of sp³-hybridized carbons (Fsp3) is 0.269. The van der Waals surface area contributed by atoms with E-state index in [0.717, 1.165) is 17.5 Å². The molecule has 0 bridgehead atoms. The van der Waals surface area contributed by atoms with Gasteiger partial charge in [0.05, 0.1) is 12.2 Å². The minimum absolute atomic E-state index is 0.0688. The lowest BCUT2D eigenvalue weighted by Crippen LogP contribution is -2.41. The second-order valence-electron chi connectivity index (χ2n) is 7.91. The summed E-state index contributed by atoms with van der Waals surface area (Å²) in [7, 11) is 1.82. The molecule has 0 aliphatic carbocycles. The molecule has 2 amide bonds. The van der Waals surface area contributed by atoms with Crippen LogP contribution in [0, 0.1) is 0 Å². The van der Waals surface area contributed by atoms with Crippen LogP contribution in [-0.2, 0) is 12.8 Å². The number of amides is 2. The number of aromatic nitrogens is 1. The maximum atomic E-state index is 13.4. The first-order chi connectivity index (χ1) is 15.6. The highest BCUT2D eigenvalue weighted by Gasteiger charge is 2.27. The Hall–Kier alpha value is -3.67. The van der Waals surface area contributed by atoms with Crippen LogP contribution in [0.5, 0.6) is 5.75 Å². The number of fused-ring (bicyclic) bond motifs is 1. The van der Waals surface area contributed by atoms with Gasteiger partial charge in [-0.25, -0.2) is 0 Å². The molecule has 0 saturated heterocycles. The van der Waals surface area contributed by atoms with E-state index in [9.17, 15) is 9.59 Å². The summed E-state index contributed by atoms with van der Waals surface area (Å²) < 4.78 is 5.75. The summed E-state index contributed by atoms with van der Waals surface area (Å²) in [6.45, 7) is 1.05. The van der Waals surface area contributed by atoms with E-state index in [4.69, 9.17) is 4.74 Å². The van der Waals surface area contributed by atoms with Gasteiger partial charge >= 0.3 is 0 Å². The molecule has 1 unspecified atom stereocenters. The average Bonchev–Trinajstić information content (AvgIpc) is 3.33. The van der Waals surface area contributed by atoms with E-state index in [-0.39, 0.29) is 17.9 Å². The summed E-state index contributed by atoms with van der Waals surface area (Å²) >= 11 is 0. The fourth-order valence-electron chi connectivity index (χ4n) is 4.00. The molecule has 1 aliphatic rings. The third-order valence-corrected chi connectivity index (χ3v) is 5.79. The molecular formula is C26H27N3O3. The van der Waals surface area contributed by atoms with E-state index in [1.807, 2.05) is 43.4 Å². The van der Waals surface area contributed by atoms with E-state index < -0.39 is 0 Å². The monoisotopic (exact) mass is 429 g/mol. The second kappa shape index (κ2) is 10.1. The SMILES string of the molecule is CN(C(=O)c1cccc2c1OCC2)C(CCNC(=O)c1ccccn1)Cc1ccccc1. The largest absolute Gasteiger partial charge is 0.492 e. The van der Waals surface area contributed by atoms with Gasteiger partial charge in [-0.05, 0) is 42.2 Å². The van der Waals surface area contributed by atoms with Crippen LogP contribution in [0.3, 0.4) is 0 Å². The maximum Gasteiger partial charge on any atom is 0.269 e. The summed E-state index contributed by atoms with van der Waals surface area (Å²) in [6.07, 6.45) is 3.73. The van der Waals surface area contributed by atoms with E-state index in [1.54, 1.807) is 29.3 Å². The van der Waals surface area contributed by atoms with E-state index >= 15 is 0 Å². The van der Waals surface area contributed by atoms with Crippen molar-refractivity contribution < 1.29 is 14.3 Å².